The first-order chi connectivity index (χ1) is 9.61. The highest BCUT2D eigenvalue weighted by molar-refractivity contribution is 14.1. The lowest BCUT2D eigenvalue weighted by molar-refractivity contribution is 0.152. The molecule has 0 saturated carbocycles. The Hall–Kier alpha value is -1.33. The minimum absolute atomic E-state index is 0.565. The first-order valence-electron chi connectivity index (χ1n) is 6.54. The lowest BCUT2D eigenvalue weighted by atomic mass is 10.1. The van der Waals surface area contributed by atoms with Crippen molar-refractivity contribution in [1.29, 1.82) is 0 Å². The summed E-state index contributed by atoms with van der Waals surface area (Å²) in [5.41, 5.74) is 3.12. The number of aliphatic hydroxyl groups excluding tert-OH is 1. The van der Waals surface area contributed by atoms with E-state index in [2.05, 4.69) is 28.7 Å². The molecular formula is C17H15IO2. The van der Waals surface area contributed by atoms with Crippen LogP contribution in [0.3, 0.4) is 0 Å². The van der Waals surface area contributed by atoms with Gasteiger partial charge in [0.1, 0.15) is 17.4 Å². The van der Waals surface area contributed by atoms with E-state index in [-0.39, 0.29) is 0 Å². The largest absolute Gasteiger partial charge is 0.458 e. The Morgan fingerprint density at radius 2 is 1.85 bits per heavy atom. The van der Waals surface area contributed by atoms with Gasteiger partial charge in [-0.2, -0.15) is 0 Å². The average molecular weight is 378 g/mol. The van der Waals surface area contributed by atoms with Crippen molar-refractivity contribution in [1.82, 2.24) is 0 Å². The Morgan fingerprint density at radius 3 is 2.60 bits per heavy atom. The molecule has 1 atom stereocenters. The summed E-state index contributed by atoms with van der Waals surface area (Å²) in [5.74, 6) is 0.629. The molecule has 1 N–H and O–H groups in total. The summed E-state index contributed by atoms with van der Waals surface area (Å²) in [7, 11) is 0. The number of aryl methyl sites for hydroxylation is 1. The van der Waals surface area contributed by atoms with Crippen LogP contribution in [-0.4, -0.2) is 5.11 Å². The van der Waals surface area contributed by atoms with Gasteiger partial charge >= 0.3 is 0 Å². The highest BCUT2D eigenvalue weighted by atomic mass is 127. The molecule has 0 bridgehead atoms. The molecule has 1 heterocycles. The van der Waals surface area contributed by atoms with Gasteiger partial charge in [0.2, 0.25) is 0 Å². The lowest BCUT2D eigenvalue weighted by Gasteiger charge is -2.07. The van der Waals surface area contributed by atoms with Gasteiger partial charge in [-0.25, -0.2) is 0 Å². The number of halogens is 1. The van der Waals surface area contributed by atoms with Gasteiger partial charge in [-0.15, -0.1) is 0 Å². The molecule has 20 heavy (non-hydrogen) atoms. The number of rotatable bonds is 3. The maximum atomic E-state index is 10.3. The van der Waals surface area contributed by atoms with Crippen molar-refractivity contribution < 1.29 is 9.52 Å². The number of benzene rings is 2. The van der Waals surface area contributed by atoms with Crippen molar-refractivity contribution in [2.24, 2.45) is 0 Å². The molecule has 1 unspecified atom stereocenters. The minimum Gasteiger partial charge on any atom is -0.458 e. The number of hydrogen-bond donors (Lipinski definition) is 1. The summed E-state index contributed by atoms with van der Waals surface area (Å²) in [6.07, 6.45) is -0.0433. The van der Waals surface area contributed by atoms with Crippen LogP contribution in [0.2, 0.25) is 0 Å². The molecule has 0 aliphatic rings. The second kappa shape index (κ2) is 5.58. The van der Waals surface area contributed by atoms with E-state index in [9.17, 15) is 5.11 Å². The number of hydrogen-bond acceptors (Lipinski definition) is 2. The third-order valence-corrected chi connectivity index (χ3v) is 4.08. The molecule has 0 saturated heterocycles. The van der Waals surface area contributed by atoms with E-state index >= 15 is 0 Å². The van der Waals surface area contributed by atoms with Gasteiger partial charge in [0, 0.05) is 15.4 Å². The molecule has 1 aromatic heterocycles. The van der Waals surface area contributed by atoms with Gasteiger partial charge in [-0.1, -0.05) is 23.8 Å². The van der Waals surface area contributed by atoms with Crippen LogP contribution in [0.4, 0.5) is 0 Å². The molecule has 2 nitrogen and oxygen atoms in total. The van der Waals surface area contributed by atoms with Crippen LogP contribution in [0.25, 0.3) is 11.0 Å². The van der Waals surface area contributed by atoms with Crippen molar-refractivity contribution >= 4 is 33.6 Å². The smallest absolute Gasteiger partial charge is 0.134 e. The molecule has 3 aromatic rings. The number of fused-ring (bicyclic) bond motifs is 1. The average Bonchev–Trinajstić information content (AvgIpc) is 2.84. The second-order valence-corrected chi connectivity index (χ2v) is 6.28. The fraction of sp³-hybridized carbons (Fsp3) is 0.176. The summed E-state index contributed by atoms with van der Waals surface area (Å²) >= 11 is 2.27. The number of furan rings is 1. The fourth-order valence-electron chi connectivity index (χ4n) is 2.29. The Morgan fingerprint density at radius 1 is 1.10 bits per heavy atom. The van der Waals surface area contributed by atoms with Crippen molar-refractivity contribution in [3.8, 4) is 0 Å². The standard InChI is InChI=1S/C17H15IO2/c1-11-2-7-16-13(8-11)10-17(20-16)15(19)9-12-3-5-14(18)6-4-12/h2-8,10,15,19H,9H2,1H3. The first kappa shape index (κ1) is 13.6. The highest BCUT2D eigenvalue weighted by Gasteiger charge is 2.14. The van der Waals surface area contributed by atoms with E-state index in [0.717, 1.165) is 16.5 Å². The van der Waals surface area contributed by atoms with Gasteiger partial charge in [0.25, 0.3) is 0 Å². The van der Waals surface area contributed by atoms with Gasteiger partial charge < -0.3 is 9.52 Å². The normalized spacial score (nSPS) is 12.8. The van der Waals surface area contributed by atoms with Crippen LogP contribution in [0.15, 0.2) is 52.9 Å². The molecular weight excluding hydrogens is 363 g/mol. The molecule has 0 radical (unpaired) electrons. The molecule has 3 heteroatoms. The molecule has 0 amide bonds. The lowest BCUT2D eigenvalue weighted by Crippen LogP contribution is -2.00. The summed E-state index contributed by atoms with van der Waals surface area (Å²) in [6, 6.07) is 16.1. The van der Waals surface area contributed by atoms with Gasteiger partial charge in [0.05, 0.1) is 0 Å². The van der Waals surface area contributed by atoms with E-state index in [1.807, 2.05) is 49.4 Å². The SMILES string of the molecule is Cc1ccc2oc(C(O)Cc3ccc(I)cc3)cc2c1. The topological polar surface area (TPSA) is 33.4 Å². The molecule has 2 aromatic carbocycles. The Labute approximate surface area is 131 Å². The molecule has 102 valence electrons. The first-order valence-corrected chi connectivity index (χ1v) is 7.62. The maximum Gasteiger partial charge on any atom is 0.134 e. The zero-order valence-electron chi connectivity index (χ0n) is 11.1. The number of aliphatic hydroxyl groups is 1. The van der Waals surface area contributed by atoms with Crippen LogP contribution in [0, 0.1) is 10.5 Å². The Kier molecular flexibility index (Phi) is 3.81. The third-order valence-electron chi connectivity index (χ3n) is 3.36. The summed E-state index contributed by atoms with van der Waals surface area (Å²) in [5, 5.41) is 11.4. The summed E-state index contributed by atoms with van der Waals surface area (Å²) in [6.45, 7) is 2.05. The van der Waals surface area contributed by atoms with Crippen molar-refractivity contribution in [2.75, 3.05) is 0 Å². The Bertz CT molecular complexity index is 728. The van der Waals surface area contributed by atoms with Gasteiger partial charge in [-0.05, 0) is 65.4 Å². The van der Waals surface area contributed by atoms with E-state index in [4.69, 9.17) is 4.42 Å². The van der Waals surface area contributed by atoms with Crippen molar-refractivity contribution in [2.45, 2.75) is 19.4 Å². The molecule has 0 fully saturated rings. The van der Waals surface area contributed by atoms with Gasteiger partial charge in [0.15, 0.2) is 0 Å². The predicted molar refractivity (Wildman–Crippen MR) is 88.8 cm³/mol. The molecule has 0 aliphatic carbocycles. The molecule has 3 rings (SSSR count). The van der Waals surface area contributed by atoms with E-state index in [0.29, 0.717) is 12.2 Å². The van der Waals surface area contributed by atoms with Crippen molar-refractivity contribution in [3.05, 3.63) is 69.0 Å². The highest BCUT2D eigenvalue weighted by Crippen LogP contribution is 2.27. The molecule has 0 spiro atoms. The summed E-state index contributed by atoms with van der Waals surface area (Å²) < 4.78 is 6.92. The zero-order chi connectivity index (χ0) is 14.1. The van der Waals surface area contributed by atoms with Crippen LogP contribution >= 0.6 is 22.6 Å². The van der Waals surface area contributed by atoms with Crippen molar-refractivity contribution in [3.63, 3.8) is 0 Å². The van der Waals surface area contributed by atoms with E-state index in [1.165, 1.54) is 9.13 Å². The van der Waals surface area contributed by atoms with E-state index in [1.54, 1.807) is 0 Å². The third kappa shape index (κ3) is 2.88. The monoisotopic (exact) mass is 378 g/mol. The van der Waals surface area contributed by atoms with Crippen LogP contribution in [-0.2, 0) is 6.42 Å². The van der Waals surface area contributed by atoms with Crippen LogP contribution in [0.5, 0.6) is 0 Å². The maximum absolute atomic E-state index is 10.3. The molecule has 0 aliphatic heterocycles. The predicted octanol–water partition coefficient (Wildman–Crippen LogP) is 4.62. The Balaban J connectivity index is 1.84. The van der Waals surface area contributed by atoms with Crippen LogP contribution in [0.1, 0.15) is 23.0 Å². The minimum atomic E-state index is -0.609. The quantitative estimate of drug-likeness (QED) is 0.675. The zero-order valence-corrected chi connectivity index (χ0v) is 13.3. The summed E-state index contributed by atoms with van der Waals surface area (Å²) in [4.78, 5) is 0. The van der Waals surface area contributed by atoms with Gasteiger partial charge in [-0.3, -0.25) is 0 Å². The van der Waals surface area contributed by atoms with E-state index < -0.39 is 6.10 Å². The second-order valence-electron chi connectivity index (χ2n) is 5.04. The fourth-order valence-corrected chi connectivity index (χ4v) is 2.65. The van der Waals surface area contributed by atoms with Crippen LogP contribution < -0.4 is 0 Å².